The lowest BCUT2D eigenvalue weighted by atomic mass is 10.2. The molecule has 0 radical (unpaired) electrons. The first-order valence-electron chi connectivity index (χ1n) is 13.6. The van der Waals surface area contributed by atoms with Crippen molar-refractivity contribution >= 4 is 46.8 Å². The molecule has 222 valence electrons. The van der Waals surface area contributed by atoms with Crippen LogP contribution in [0.25, 0.3) is 0 Å². The number of halogens is 3. The average Bonchev–Trinajstić information content (AvgIpc) is 3.42. The van der Waals surface area contributed by atoms with Gasteiger partial charge in [-0.3, -0.25) is 14.4 Å². The molecule has 3 amide bonds. The summed E-state index contributed by atoms with van der Waals surface area (Å²) < 4.78 is 37.7. The van der Waals surface area contributed by atoms with Gasteiger partial charge in [0.05, 0.1) is 29.8 Å². The smallest absolute Gasteiger partial charge is 0.368 e. The number of carbonyl (C=O) groups excluding carboxylic acids is 3. The standard InChI is InChI=1S/C28H30F3N7O3S/c1-2-38-26(41)19(42-27(38)24-17(12-32)23(24)25(40)34-15-28(29,30)31)13-33-20-8-5-9-21(35-20)36-22(39)14-37-11-10-16-6-3-4-7-18(16)37/h3-9,17,19,23-24,27H,2,10-11,13-15H2,1H3,(H,34,40)(H2,33,35,36,39). The minimum atomic E-state index is -4.55. The summed E-state index contributed by atoms with van der Waals surface area (Å²) in [6, 6.07) is 15.1. The first-order chi connectivity index (χ1) is 20.1. The molecule has 14 heteroatoms. The molecule has 2 aliphatic heterocycles. The van der Waals surface area contributed by atoms with Gasteiger partial charge in [-0.25, -0.2) is 4.98 Å². The van der Waals surface area contributed by atoms with E-state index in [-0.39, 0.29) is 24.9 Å². The summed E-state index contributed by atoms with van der Waals surface area (Å²) in [5, 5.41) is 16.3. The van der Waals surface area contributed by atoms with Crippen LogP contribution in [-0.4, -0.2) is 77.1 Å². The van der Waals surface area contributed by atoms with Crippen molar-refractivity contribution in [2.75, 3.05) is 48.3 Å². The van der Waals surface area contributed by atoms with E-state index in [0.29, 0.717) is 18.2 Å². The fourth-order valence-corrected chi connectivity index (χ4v) is 7.29. The second-order valence-electron chi connectivity index (χ2n) is 10.4. The number of anilines is 3. The lowest BCUT2D eigenvalue weighted by molar-refractivity contribution is -0.139. The number of rotatable bonds is 10. The number of fused-ring (bicyclic) bond motifs is 1. The van der Waals surface area contributed by atoms with Gasteiger partial charge in [0.15, 0.2) is 0 Å². The number of benzene rings is 1. The van der Waals surface area contributed by atoms with Gasteiger partial charge >= 0.3 is 6.18 Å². The third kappa shape index (κ3) is 6.41. The second kappa shape index (κ2) is 12.1. The number of nitrogens with zero attached hydrogens (tertiary/aromatic N) is 4. The van der Waals surface area contributed by atoms with Crippen molar-refractivity contribution in [3.63, 3.8) is 0 Å². The molecule has 1 saturated carbocycles. The third-order valence-corrected chi connectivity index (χ3v) is 9.18. The van der Waals surface area contributed by atoms with E-state index in [4.69, 9.17) is 0 Å². The Hall–Kier alpha value is -3.99. The fourth-order valence-electron chi connectivity index (χ4n) is 5.61. The molecule has 2 aromatic rings. The number of nitrogens with one attached hydrogen (secondary N) is 3. The number of carbonyl (C=O) groups is 3. The van der Waals surface area contributed by atoms with Crippen molar-refractivity contribution in [1.82, 2.24) is 15.2 Å². The molecule has 1 aromatic heterocycles. The van der Waals surface area contributed by atoms with E-state index >= 15 is 0 Å². The van der Waals surface area contributed by atoms with Crippen molar-refractivity contribution in [2.24, 2.45) is 17.8 Å². The van der Waals surface area contributed by atoms with Crippen LogP contribution in [0.3, 0.4) is 0 Å². The van der Waals surface area contributed by atoms with Crippen molar-refractivity contribution in [3.05, 3.63) is 48.0 Å². The van der Waals surface area contributed by atoms with Crippen LogP contribution in [0, 0.1) is 29.1 Å². The van der Waals surface area contributed by atoms with E-state index in [1.165, 1.54) is 17.3 Å². The highest BCUT2D eigenvalue weighted by Crippen LogP contribution is 2.55. The Bertz CT molecular complexity index is 1400. The Morgan fingerprint density at radius 3 is 2.67 bits per heavy atom. The second-order valence-corrected chi connectivity index (χ2v) is 11.7. The summed E-state index contributed by atoms with van der Waals surface area (Å²) in [5.74, 6) is -2.63. The van der Waals surface area contributed by atoms with E-state index in [9.17, 15) is 32.8 Å². The molecular formula is C28H30F3N7O3S. The Balaban J connectivity index is 1.16. The Labute approximate surface area is 245 Å². The van der Waals surface area contributed by atoms with Gasteiger partial charge in [0.2, 0.25) is 17.7 Å². The Kier molecular flexibility index (Phi) is 8.49. The van der Waals surface area contributed by atoms with Crippen LogP contribution < -0.4 is 20.9 Å². The molecule has 5 unspecified atom stereocenters. The SMILES string of the molecule is CCN1C(=O)C(CNc2cccc(NC(=O)CN3CCc4ccccc43)n2)SC1C1C(C#N)C1C(=O)NCC(F)(F)F. The predicted octanol–water partition coefficient (Wildman–Crippen LogP) is 2.85. The van der Waals surface area contributed by atoms with E-state index in [1.807, 2.05) is 34.5 Å². The highest BCUT2D eigenvalue weighted by molar-refractivity contribution is 8.01. The normalized spacial score (nSPS) is 24.6. The van der Waals surface area contributed by atoms with Gasteiger partial charge in [-0.1, -0.05) is 24.3 Å². The van der Waals surface area contributed by atoms with E-state index in [2.05, 4.69) is 21.7 Å². The number of amides is 3. The minimum Gasteiger partial charge on any atom is -0.368 e. The first-order valence-corrected chi connectivity index (χ1v) is 14.6. The third-order valence-electron chi connectivity index (χ3n) is 7.63. The molecule has 42 heavy (non-hydrogen) atoms. The lowest BCUT2D eigenvalue weighted by Crippen LogP contribution is -2.38. The van der Waals surface area contributed by atoms with Crippen LogP contribution >= 0.6 is 11.8 Å². The molecule has 5 atom stereocenters. The minimum absolute atomic E-state index is 0.187. The highest BCUT2D eigenvalue weighted by Gasteiger charge is 2.63. The van der Waals surface area contributed by atoms with Crippen molar-refractivity contribution in [2.45, 2.75) is 30.1 Å². The largest absolute Gasteiger partial charge is 0.405 e. The zero-order valence-corrected chi connectivity index (χ0v) is 23.5. The zero-order chi connectivity index (χ0) is 30.0. The number of hydrogen-bond acceptors (Lipinski definition) is 8. The summed E-state index contributed by atoms with van der Waals surface area (Å²) in [6.45, 7) is 1.79. The highest BCUT2D eigenvalue weighted by atomic mass is 32.2. The average molecular weight is 602 g/mol. The Morgan fingerprint density at radius 2 is 1.93 bits per heavy atom. The van der Waals surface area contributed by atoms with Gasteiger partial charge in [-0.15, -0.1) is 11.8 Å². The molecule has 3 N–H and O–H groups in total. The fraction of sp³-hybridized carbons (Fsp3) is 0.464. The monoisotopic (exact) mass is 601 g/mol. The molecule has 0 spiro atoms. The summed E-state index contributed by atoms with van der Waals surface area (Å²) in [5.41, 5.74) is 2.26. The summed E-state index contributed by atoms with van der Waals surface area (Å²) in [4.78, 5) is 46.3. The molecule has 1 aliphatic carbocycles. The molecule has 10 nitrogen and oxygen atoms in total. The van der Waals surface area contributed by atoms with Crippen LogP contribution in [0.15, 0.2) is 42.5 Å². The molecular weight excluding hydrogens is 571 g/mol. The molecule has 5 rings (SSSR count). The van der Waals surface area contributed by atoms with Gasteiger partial charge in [0.25, 0.3) is 0 Å². The van der Waals surface area contributed by atoms with E-state index < -0.39 is 47.0 Å². The van der Waals surface area contributed by atoms with Gasteiger partial charge in [0.1, 0.15) is 23.4 Å². The van der Waals surface area contributed by atoms with Crippen molar-refractivity contribution in [1.29, 1.82) is 5.26 Å². The number of pyridine rings is 1. The van der Waals surface area contributed by atoms with Gasteiger partial charge in [-0.05, 0) is 37.1 Å². The van der Waals surface area contributed by atoms with Crippen LogP contribution in [0.5, 0.6) is 0 Å². The number of para-hydroxylation sites is 1. The van der Waals surface area contributed by atoms with E-state index in [1.54, 1.807) is 30.0 Å². The molecule has 2 fully saturated rings. The van der Waals surface area contributed by atoms with Crippen LogP contribution in [-0.2, 0) is 20.8 Å². The molecule has 1 saturated heterocycles. The predicted molar refractivity (Wildman–Crippen MR) is 151 cm³/mol. The number of alkyl halides is 3. The first kappa shape index (κ1) is 29.5. The lowest BCUT2D eigenvalue weighted by Gasteiger charge is -2.22. The molecule has 1 aromatic carbocycles. The summed E-state index contributed by atoms with van der Waals surface area (Å²) >= 11 is 1.29. The van der Waals surface area contributed by atoms with Gasteiger partial charge in [-0.2, -0.15) is 18.4 Å². The maximum absolute atomic E-state index is 13.1. The Morgan fingerprint density at radius 1 is 1.17 bits per heavy atom. The molecule has 3 heterocycles. The van der Waals surface area contributed by atoms with Crippen molar-refractivity contribution < 1.29 is 27.6 Å². The topological polar surface area (TPSA) is 130 Å². The molecule has 3 aliphatic rings. The summed E-state index contributed by atoms with van der Waals surface area (Å²) in [7, 11) is 0. The van der Waals surface area contributed by atoms with Crippen LogP contribution in [0.2, 0.25) is 0 Å². The van der Waals surface area contributed by atoms with Gasteiger partial charge in [0, 0.05) is 31.2 Å². The maximum atomic E-state index is 13.1. The molecule has 0 bridgehead atoms. The zero-order valence-electron chi connectivity index (χ0n) is 22.7. The summed E-state index contributed by atoms with van der Waals surface area (Å²) in [6.07, 6.45) is -3.67. The number of nitriles is 1. The van der Waals surface area contributed by atoms with Crippen LogP contribution in [0.1, 0.15) is 12.5 Å². The van der Waals surface area contributed by atoms with Gasteiger partial charge < -0.3 is 25.8 Å². The maximum Gasteiger partial charge on any atom is 0.405 e. The number of aromatic nitrogens is 1. The van der Waals surface area contributed by atoms with Crippen LogP contribution in [0.4, 0.5) is 30.5 Å². The number of thioether (sulfide) groups is 1. The van der Waals surface area contributed by atoms with Crippen molar-refractivity contribution in [3.8, 4) is 6.07 Å². The van der Waals surface area contributed by atoms with E-state index in [0.717, 1.165) is 18.7 Å². The number of hydrogen-bond donors (Lipinski definition) is 3. The quantitative estimate of drug-likeness (QED) is 0.379.